The Kier molecular flexibility index (Phi) is 5.05. The van der Waals surface area contributed by atoms with Crippen LogP contribution in [0.5, 0.6) is 0 Å². The smallest absolute Gasteiger partial charge is 0.338 e. The number of thiophene rings is 1. The topological polar surface area (TPSA) is 80.8 Å². The number of nitrogens with zero attached hydrogens (tertiary/aromatic N) is 1. The standard InChI is InChI=1S/C22H15NO5S/c24-18(19-9-4-10-29-19)13-28-22(27)15-6-3-5-14(11-15)12-23-20(25)16-7-1-2-8-17(16)21(23)26/h1-11H,12-13H2. The monoisotopic (exact) mass is 405 g/mol. The predicted molar refractivity (Wildman–Crippen MR) is 106 cm³/mol. The van der Waals surface area contributed by atoms with Gasteiger partial charge in [-0.15, -0.1) is 11.3 Å². The van der Waals surface area contributed by atoms with E-state index < -0.39 is 5.97 Å². The fourth-order valence-electron chi connectivity index (χ4n) is 3.08. The second kappa shape index (κ2) is 7.81. The Hall–Kier alpha value is -3.58. The van der Waals surface area contributed by atoms with Gasteiger partial charge in [0.15, 0.2) is 6.61 Å². The van der Waals surface area contributed by atoms with E-state index in [1.165, 1.54) is 11.3 Å². The van der Waals surface area contributed by atoms with Gasteiger partial charge in [-0.1, -0.05) is 30.3 Å². The summed E-state index contributed by atoms with van der Waals surface area (Å²) >= 11 is 1.28. The summed E-state index contributed by atoms with van der Waals surface area (Å²) in [5.74, 6) is -1.63. The summed E-state index contributed by atoms with van der Waals surface area (Å²) in [5.41, 5.74) is 1.61. The molecule has 1 aliphatic heterocycles. The summed E-state index contributed by atoms with van der Waals surface area (Å²) in [5, 5.41) is 1.78. The van der Waals surface area contributed by atoms with E-state index in [2.05, 4.69) is 0 Å². The second-order valence-electron chi connectivity index (χ2n) is 6.42. The molecular formula is C22H15NO5S. The molecule has 1 aliphatic rings. The van der Waals surface area contributed by atoms with Crippen molar-refractivity contribution >= 4 is 34.9 Å². The summed E-state index contributed by atoms with van der Waals surface area (Å²) in [7, 11) is 0. The minimum absolute atomic E-state index is 0.0432. The first-order valence-electron chi connectivity index (χ1n) is 8.82. The third-order valence-electron chi connectivity index (χ3n) is 4.51. The number of esters is 1. The van der Waals surface area contributed by atoms with Crippen LogP contribution in [0.15, 0.2) is 66.0 Å². The molecule has 2 amide bonds. The summed E-state index contributed by atoms with van der Waals surface area (Å²) in [4.78, 5) is 50.9. The summed E-state index contributed by atoms with van der Waals surface area (Å²) in [6.45, 7) is -0.302. The molecule has 0 radical (unpaired) electrons. The van der Waals surface area contributed by atoms with Gasteiger partial charge in [0.05, 0.1) is 28.1 Å². The lowest BCUT2D eigenvalue weighted by Crippen LogP contribution is -2.29. The van der Waals surface area contributed by atoms with Gasteiger partial charge in [-0.05, 0) is 41.3 Å². The number of amides is 2. The van der Waals surface area contributed by atoms with Crippen LogP contribution in [-0.4, -0.2) is 35.1 Å². The van der Waals surface area contributed by atoms with Crippen LogP contribution in [0.1, 0.15) is 46.3 Å². The van der Waals surface area contributed by atoms with Gasteiger partial charge in [0.2, 0.25) is 5.78 Å². The maximum atomic E-state index is 12.5. The van der Waals surface area contributed by atoms with Crippen molar-refractivity contribution in [2.45, 2.75) is 6.54 Å². The fraction of sp³-hybridized carbons (Fsp3) is 0.0909. The Morgan fingerprint density at radius 3 is 2.28 bits per heavy atom. The molecule has 2 heterocycles. The number of rotatable bonds is 6. The number of carbonyl (C=O) groups excluding carboxylic acids is 4. The molecule has 0 bridgehead atoms. The second-order valence-corrected chi connectivity index (χ2v) is 7.37. The maximum absolute atomic E-state index is 12.5. The number of benzene rings is 2. The summed E-state index contributed by atoms with van der Waals surface area (Å²) in [6.07, 6.45) is 0. The van der Waals surface area contributed by atoms with Gasteiger partial charge in [-0.25, -0.2) is 4.79 Å². The lowest BCUT2D eigenvalue weighted by molar-refractivity contribution is 0.0475. The number of imide groups is 1. The maximum Gasteiger partial charge on any atom is 0.338 e. The number of ketones is 1. The molecule has 144 valence electrons. The van der Waals surface area contributed by atoms with Crippen molar-refractivity contribution in [3.63, 3.8) is 0 Å². The molecule has 0 atom stereocenters. The zero-order valence-corrected chi connectivity index (χ0v) is 16.0. The van der Waals surface area contributed by atoms with Crippen LogP contribution in [0.25, 0.3) is 0 Å². The van der Waals surface area contributed by atoms with Crippen molar-refractivity contribution in [3.8, 4) is 0 Å². The molecule has 0 unspecified atom stereocenters. The highest BCUT2D eigenvalue weighted by molar-refractivity contribution is 7.12. The minimum Gasteiger partial charge on any atom is -0.454 e. The Morgan fingerprint density at radius 1 is 0.897 bits per heavy atom. The van der Waals surface area contributed by atoms with Crippen LogP contribution >= 0.6 is 11.3 Å². The molecule has 7 heteroatoms. The van der Waals surface area contributed by atoms with Crippen molar-refractivity contribution in [2.75, 3.05) is 6.61 Å². The SMILES string of the molecule is O=C(OCC(=O)c1cccs1)c1cccc(CN2C(=O)c3ccccc3C2=O)c1. The van der Waals surface area contributed by atoms with E-state index in [-0.39, 0.29) is 36.3 Å². The van der Waals surface area contributed by atoms with Crippen LogP contribution in [-0.2, 0) is 11.3 Å². The summed E-state index contributed by atoms with van der Waals surface area (Å²) < 4.78 is 5.10. The van der Waals surface area contributed by atoms with Crippen LogP contribution in [0.2, 0.25) is 0 Å². The largest absolute Gasteiger partial charge is 0.454 e. The number of fused-ring (bicyclic) bond motifs is 1. The fourth-order valence-corrected chi connectivity index (χ4v) is 3.74. The van der Waals surface area contributed by atoms with Gasteiger partial charge in [0.25, 0.3) is 11.8 Å². The highest BCUT2D eigenvalue weighted by Crippen LogP contribution is 2.24. The first-order valence-corrected chi connectivity index (χ1v) is 9.70. The molecule has 2 aromatic carbocycles. The number of carbonyl (C=O) groups is 4. The number of hydrogen-bond acceptors (Lipinski definition) is 6. The Morgan fingerprint density at radius 2 is 1.62 bits per heavy atom. The zero-order chi connectivity index (χ0) is 20.4. The van der Waals surface area contributed by atoms with Gasteiger partial charge in [0.1, 0.15) is 0 Å². The van der Waals surface area contributed by atoms with Crippen molar-refractivity contribution < 1.29 is 23.9 Å². The Bertz CT molecular complexity index is 1080. The molecule has 29 heavy (non-hydrogen) atoms. The average molecular weight is 405 g/mol. The molecule has 0 saturated carbocycles. The van der Waals surface area contributed by atoms with Crippen molar-refractivity contribution in [3.05, 3.63) is 93.2 Å². The van der Waals surface area contributed by atoms with Gasteiger partial charge in [-0.3, -0.25) is 19.3 Å². The van der Waals surface area contributed by atoms with E-state index >= 15 is 0 Å². The first kappa shape index (κ1) is 18.8. The third-order valence-corrected chi connectivity index (χ3v) is 5.42. The lowest BCUT2D eigenvalue weighted by Gasteiger charge is -2.14. The van der Waals surface area contributed by atoms with Gasteiger partial charge < -0.3 is 4.74 Å². The third kappa shape index (κ3) is 3.72. The van der Waals surface area contributed by atoms with E-state index in [1.54, 1.807) is 66.0 Å². The average Bonchev–Trinajstić information content (AvgIpc) is 3.36. The number of hydrogen-bond donors (Lipinski definition) is 0. The molecular weight excluding hydrogens is 390 g/mol. The summed E-state index contributed by atoms with van der Waals surface area (Å²) in [6, 6.07) is 16.6. The first-order chi connectivity index (χ1) is 14.0. The predicted octanol–water partition coefficient (Wildman–Crippen LogP) is 3.58. The van der Waals surface area contributed by atoms with E-state index in [1.807, 2.05) is 0 Å². The van der Waals surface area contributed by atoms with Gasteiger partial charge >= 0.3 is 5.97 Å². The number of Topliss-reactive ketones (excluding diaryl/α,β-unsaturated/α-hetero) is 1. The van der Waals surface area contributed by atoms with E-state index in [4.69, 9.17) is 4.74 Å². The Balaban J connectivity index is 1.44. The van der Waals surface area contributed by atoms with Crippen molar-refractivity contribution in [1.29, 1.82) is 0 Å². The van der Waals surface area contributed by atoms with Crippen LogP contribution in [0.3, 0.4) is 0 Å². The number of ether oxygens (including phenoxy) is 1. The molecule has 4 rings (SSSR count). The van der Waals surface area contributed by atoms with Gasteiger partial charge in [-0.2, -0.15) is 0 Å². The van der Waals surface area contributed by atoms with Crippen molar-refractivity contribution in [2.24, 2.45) is 0 Å². The molecule has 3 aromatic rings. The van der Waals surface area contributed by atoms with E-state index in [0.29, 0.717) is 21.6 Å². The highest BCUT2D eigenvalue weighted by Gasteiger charge is 2.35. The lowest BCUT2D eigenvalue weighted by atomic mass is 10.1. The molecule has 1 aromatic heterocycles. The highest BCUT2D eigenvalue weighted by atomic mass is 32.1. The molecule has 0 N–H and O–H groups in total. The van der Waals surface area contributed by atoms with Crippen molar-refractivity contribution in [1.82, 2.24) is 4.90 Å². The minimum atomic E-state index is -0.640. The zero-order valence-electron chi connectivity index (χ0n) is 15.2. The normalized spacial score (nSPS) is 12.8. The van der Waals surface area contributed by atoms with Crippen LogP contribution in [0.4, 0.5) is 0 Å². The van der Waals surface area contributed by atoms with Gasteiger partial charge in [0, 0.05) is 0 Å². The molecule has 0 spiro atoms. The van der Waals surface area contributed by atoms with Crippen LogP contribution in [0, 0.1) is 0 Å². The molecule has 0 fully saturated rings. The Labute approximate surface area is 170 Å². The van der Waals surface area contributed by atoms with E-state index in [0.717, 1.165) is 4.90 Å². The quantitative estimate of drug-likeness (QED) is 0.356. The molecule has 6 nitrogen and oxygen atoms in total. The van der Waals surface area contributed by atoms with Crippen LogP contribution < -0.4 is 0 Å². The van der Waals surface area contributed by atoms with E-state index in [9.17, 15) is 19.2 Å². The molecule has 0 saturated heterocycles. The molecule has 0 aliphatic carbocycles.